The number of anilines is 1. The van der Waals surface area contributed by atoms with Gasteiger partial charge in [-0.3, -0.25) is 9.98 Å². The first-order chi connectivity index (χ1) is 8.49. The van der Waals surface area contributed by atoms with E-state index in [1.807, 2.05) is 26.0 Å². The van der Waals surface area contributed by atoms with E-state index >= 15 is 0 Å². The van der Waals surface area contributed by atoms with Gasteiger partial charge in [0.15, 0.2) is 5.96 Å². The van der Waals surface area contributed by atoms with Crippen LogP contribution in [0.1, 0.15) is 13.8 Å². The fourth-order valence-electron chi connectivity index (χ4n) is 0.909. The van der Waals surface area contributed by atoms with Crippen molar-refractivity contribution in [1.82, 2.24) is 0 Å². The summed E-state index contributed by atoms with van der Waals surface area (Å²) in [4.78, 5) is 7.53. The highest BCUT2D eigenvalue weighted by molar-refractivity contribution is 6.30. The fourth-order valence-corrected chi connectivity index (χ4v) is 1.04. The first kappa shape index (κ1) is 16.2. The molecular formula is C12H20ClN5. The normalized spacial score (nSPS) is 11.3. The lowest BCUT2D eigenvalue weighted by Gasteiger charge is -2.03. The third-order valence-electron chi connectivity index (χ3n) is 1.74. The van der Waals surface area contributed by atoms with Crippen molar-refractivity contribution in [3.05, 3.63) is 29.3 Å². The number of nitrogens with one attached hydrogen (secondary N) is 1. The number of aliphatic imine (C=N–C) groups is 2. The zero-order valence-corrected chi connectivity index (χ0v) is 11.6. The van der Waals surface area contributed by atoms with Crippen LogP contribution in [-0.2, 0) is 0 Å². The van der Waals surface area contributed by atoms with E-state index in [4.69, 9.17) is 23.1 Å². The molecule has 0 unspecified atom stereocenters. The van der Waals surface area contributed by atoms with Crippen molar-refractivity contribution in [3.8, 4) is 0 Å². The van der Waals surface area contributed by atoms with Crippen molar-refractivity contribution >= 4 is 29.6 Å². The molecule has 0 aliphatic carbocycles. The van der Waals surface area contributed by atoms with Crippen molar-refractivity contribution in [2.45, 2.75) is 19.9 Å². The van der Waals surface area contributed by atoms with Crippen LogP contribution in [0.25, 0.3) is 0 Å². The zero-order valence-electron chi connectivity index (χ0n) is 10.9. The van der Waals surface area contributed by atoms with Crippen LogP contribution >= 0.6 is 11.6 Å². The summed E-state index contributed by atoms with van der Waals surface area (Å²) in [5.41, 5.74) is 11.3. The molecule has 0 saturated heterocycles. The van der Waals surface area contributed by atoms with Crippen LogP contribution in [0.5, 0.6) is 0 Å². The summed E-state index contributed by atoms with van der Waals surface area (Å²) < 4.78 is 0. The Morgan fingerprint density at radius 2 is 1.89 bits per heavy atom. The van der Waals surface area contributed by atoms with Crippen LogP contribution in [0.4, 0.5) is 5.69 Å². The summed E-state index contributed by atoms with van der Waals surface area (Å²) in [5, 5.41) is 3.59. The first-order valence-corrected chi connectivity index (χ1v) is 5.85. The number of hydrogen-bond acceptors (Lipinski definition) is 2. The summed E-state index contributed by atoms with van der Waals surface area (Å²) in [6.45, 7) is 3.95. The average Bonchev–Trinajstić information content (AvgIpc) is 2.32. The average molecular weight is 270 g/mol. The SMILES string of the molecule is CC(C)N=CN.CN=C(N)Nc1ccc(Cl)cc1. The molecule has 100 valence electrons. The van der Waals surface area contributed by atoms with Gasteiger partial charge < -0.3 is 16.8 Å². The van der Waals surface area contributed by atoms with Gasteiger partial charge in [-0.05, 0) is 38.1 Å². The van der Waals surface area contributed by atoms with Crippen LogP contribution in [0, 0.1) is 0 Å². The van der Waals surface area contributed by atoms with E-state index in [9.17, 15) is 0 Å². The molecular weight excluding hydrogens is 250 g/mol. The quantitative estimate of drug-likeness (QED) is 0.567. The van der Waals surface area contributed by atoms with E-state index in [0.29, 0.717) is 17.0 Å². The molecule has 1 rings (SSSR count). The molecule has 0 aliphatic rings. The maximum atomic E-state index is 5.69. The monoisotopic (exact) mass is 269 g/mol. The molecule has 6 heteroatoms. The molecule has 5 N–H and O–H groups in total. The fraction of sp³-hybridized carbons (Fsp3) is 0.333. The van der Waals surface area contributed by atoms with E-state index in [2.05, 4.69) is 15.3 Å². The highest BCUT2D eigenvalue weighted by atomic mass is 35.5. The Bertz CT molecular complexity index is 384. The van der Waals surface area contributed by atoms with Gasteiger partial charge >= 0.3 is 0 Å². The lowest BCUT2D eigenvalue weighted by atomic mass is 10.3. The molecule has 0 saturated carbocycles. The molecule has 0 bridgehead atoms. The summed E-state index contributed by atoms with van der Waals surface area (Å²) in [5.74, 6) is 0.386. The van der Waals surface area contributed by atoms with Gasteiger partial charge in [-0.1, -0.05) is 11.6 Å². The van der Waals surface area contributed by atoms with Gasteiger partial charge in [-0.15, -0.1) is 0 Å². The molecule has 1 aromatic rings. The molecule has 5 nitrogen and oxygen atoms in total. The Balaban J connectivity index is 0.000000411. The molecule has 0 fully saturated rings. The van der Waals surface area contributed by atoms with E-state index in [1.165, 1.54) is 6.34 Å². The summed E-state index contributed by atoms with van der Waals surface area (Å²) in [6.07, 6.45) is 1.32. The van der Waals surface area contributed by atoms with Gasteiger partial charge in [-0.25, -0.2) is 0 Å². The number of guanidine groups is 1. The Morgan fingerprint density at radius 3 is 2.22 bits per heavy atom. The van der Waals surface area contributed by atoms with Crippen LogP contribution in [0.3, 0.4) is 0 Å². The molecule has 0 aliphatic heterocycles. The van der Waals surface area contributed by atoms with Crippen LogP contribution in [0.2, 0.25) is 5.02 Å². The molecule has 0 radical (unpaired) electrons. The Kier molecular flexibility index (Phi) is 8.39. The maximum Gasteiger partial charge on any atom is 0.192 e. The smallest absolute Gasteiger partial charge is 0.192 e. The van der Waals surface area contributed by atoms with Gasteiger partial charge in [0, 0.05) is 23.8 Å². The standard InChI is InChI=1S/C8H10ClN3.C4H10N2/c1-11-8(10)12-7-4-2-6(9)3-5-7;1-4(2)6-3-5/h2-5H,1H3,(H3,10,11,12);3-4H,1-2H3,(H2,5,6). The van der Waals surface area contributed by atoms with E-state index in [1.54, 1.807) is 19.2 Å². The van der Waals surface area contributed by atoms with Gasteiger partial charge in [0.2, 0.25) is 0 Å². The molecule has 0 heterocycles. The van der Waals surface area contributed by atoms with Crippen molar-refractivity contribution < 1.29 is 0 Å². The second kappa shape index (κ2) is 9.30. The van der Waals surface area contributed by atoms with Crippen LogP contribution in [-0.4, -0.2) is 25.4 Å². The van der Waals surface area contributed by atoms with Crippen molar-refractivity contribution in [1.29, 1.82) is 0 Å². The Morgan fingerprint density at radius 1 is 1.33 bits per heavy atom. The predicted molar refractivity (Wildman–Crippen MR) is 80.4 cm³/mol. The van der Waals surface area contributed by atoms with E-state index in [0.717, 1.165) is 5.69 Å². The molecule has 0 amide bonds. The molecule has 0 spiro atoms. The minimum absolute atomic E-state index is 0.343. The Labute approximate surface area is 113 Å². The van der Waals surface area contributed by atoms with Crippen LogP contribution < -0.4 is 16.8 Å². The summed E-state index contributed by atoms with van der Waals surface area (Å²) in [6, 6.07) is 7.58. The van der Waals surface area contributed by atoms with Crippen LogP contribution in [0.15, 0.2) is 34.3 Å². The number of rotatable bonds is 2. The summed E-state index contributed by atoms with van der Waals surface area (Å²) in [7, 11) is 1.62. The molecule has 0 aromatic heterocycles. The molecule has 0 atom stereocenters. The minimum atomic E-state index is 0.343. The highest BCUT2D eigenvalue weighted by Crippen LogP contribution is 2.12. The van der Waals surface area contributed by atoms with Crippen molar-refractivity contribution in [3.63, 3.8) is 0 Å². The van der Waals surface area contributed by atoms with Gasteiger partial charge in [0.25, 0.3) is 0 Å². The number of nitrogens with two attached hydrogens (primary N) is 2. The second-order valence-corrected chi connectivity index (χ2v) is 4.07. The number of halogens is 1. The molecule has 1 aromatic carbocycles. The number of nitrogens with zero attached hydrogens (tertiary/aromatic N) is 2. The van der Waals surface area contributed by atoms with E-state index in [-0.39, 0.29) is 0 Å². The Hall–Kier alpha value is -1.75. The predicted octanol–water partition coefficient (Wildman–Crippen LogP) is 2.08. The third kappa shape index (κ3) is 8.41. The number of benzene rings is 1. The zero-order chi connectivity index (χ0) is 14.0. The third-order valence-corrected chi connectivity index (χ3v) is 1.99. The maximum absolute atomic E-state index is 5.69. The molecule has 18 heavy (non-hydrogen) atoms. The summed E-state index contributed by atoms with van der Waals surface area (Å²) >= 11 is 5.69. The van der Waals surface area contributed by atoms with Gasteiger partial charge in [0.05, 0.1) is 6.34 Å². The van der Waals surface area contributed by atoms with Gasteiger partial charge in [-0.2, -0.15) is 0 Å². The number of hydrogen-bond donors (Lipinski definition) is 3. The minimum Gasteiger partial charge on any atom is -0.390 e. The van der Waals surface area contributed by atoms with Gasteiger partial charge in [0.1, 0.15) is 0 Å². The van der Waals surface area contributed by atoms with E-state index < -0.39 is 0 Å². The van der Waals surface area contributed by atoms with Crippen molar-refractivity contribution in [2.24, 2.45) is 21.5 Å². The lowest BCUT2D eigenvalue weighted by Crippen LogP contribution is -2.21. The highest BCUT2D eigenvalue weighted by Gasteiger charge is 1.92. The lowest BCUT2D eigenvalue weighted by molar-refractivity contribution is 0.839. The largest absolute Gasteiger partial charge is 0.390 e. The topological polar surface area (TPSA) is 88.8 Å². The first-order valence-electron chi connectivity index (χ1n) is 5.47. The van der Waals surface area contributed by atoms with Crippen molar-refractivity contribution in [2.75, 3.05) is 12.4 Å². The second-order valence-electron chi connectivity index (χ2n) is 3.63.